The Balaban J connectivity index is 2.60. The van der Waals surface area contributed by atoms with Gasteiger partial charge in [0.2, 0.25) is 0 Å². The molecule has 5 heteroatoms. The van der Waals surface area contributed by atoms with Gasteiger partial charge in [-0.3, -0.25) is 0 Å². The van der Waals surface area contributed by atoms with Gasteiger partial charge in [-0.2, -0.15) is 0 Å². The SMILES string of the molecule is Cn1ccnc1-c1cc(C(=O)O)ccc1Cl. The first kappa shape index (κ1) is 10.7. The first-order valence-electron chi connectivity index (χ1n) is 4.60. The first-order chi connectivity index (χ1) is 7.59. The van der Waals surface area contributed by atoms with Crippen molar-refractivity contribution in [2.75, 3.05) is 0 Å². The van der Waals surface area contributed by atoms with E-state index in [1.54, 1.807) is 23.0 Å². The lowest BCUT2D eigenvalue weighted by Crippen LogP contribution is -1.98. The van der Waals surface area contributed by atoms with Crippen LogP contribution in [0.25, 0.3) is 11.4 Å². The molecule has 0 radical (unpaired) electrons. The molecule has 0 spiro atoms. The zero-order valence-corrected chi connectivity index (χ0v) is 9.27. The zero-order chi connectivity index (χ0) is 11.7. The van der Waals surface area contributed by atoms with E-state index in [0.717, 1.165) is 0 Å². The lowest BCUT2D eigenvalue weighted by atomic mass is 10.1. The van der Waals surface area contributed by atoms with Crippen molar-refractivity contribution in [3.8, 4) is 11.4 Å². The minimum atomic E-state index is -0.980. The van der Waals surface area contributed by atoms with Gasteiger partial charge in [0.1, 0.15) is 5.82 Å². The maximum absolute atomic E-state index is 10.8. The number of benzene rings is 1. The molecule has 0 aliphatic carbocycles. The van der Waals surface area contributed by atoms with Gasteiger partial charge < -0.3 is 9.67 Å². The van der Waals surface area contributed by atoms with Crippen LogP contribution in [0.4, 0.5) is 0 Å². The number of aromatic nitrogens is 2. The van der Waals surface area contributed by atoms with Crippen molar-refractivity contribution in [2.24, 2.45) is 7.05 Å². The number of carboxylic acid groups (broad SMARTS) is 1. The zero-order valence-electron chi connectivity index (χ0n) is 8.51. The average Bonchev–Trinajstić information content (AvgIpc) is 2.65. The molecule has 1 aromatic heterocycles. The number of carboxylic acids is 1. The molecule has 2 aromatic rings. The molecule has 0 saturated carbocycles. The summed E-state index contributed by atoms with van der Waals surface area (Å²) in [5, 5.41) is 9.38. The number of imidazole rings is 1. The largest absolute Gasteiger partial charge is 0.478 e. The van der Waals surface area contributed by atoms with Gasteiger partial charge in [0.25, 0.3) is 0 Å². The molecule has 16 heavy (non-hydrogen) atoms. The van der Waals surface area contributed by atoms with Crippen molar-refractivity contribution in [2.45, 2.75) is 0 Å². The monoisotopic (exact) mass is 236 g/mol. The molecular weight excluding hydrogens is 228 g/mol. The normalized spacial score (nSPS) is 10.4. The fourth-order valence-electron chi connectivity index (χ4n) is 1.45. The van der Waals surface area contributed by atoms with Gasteiger partial charge in [-0.15, -0.1) is 0 Å². The van der Waals surface area contributed by atoms with E-state index in [4.69, 9.17) is 16.7 Å². The molecule has 1 aromatic carbocycles. The Hall–Kier alpha value is -1.81. The smallest absolute Gasteiger partial charge is 0.335 e. The summed E-state index contributed by atoms with van der Waals surface area (Å²) >= 11 is 6.02. The first-order valence-corrected chi connectivity index (χ1v) is 4.98. The fraction of sp³-hybridized carbons (Fsp3) is 0.0909. The van der Waals surface area contributed by atoms with Crippen LogP contribution >= 0.6 is 11.6 Å². The second-order valence-electron chi connectivity index (χ2n) is 3.36. The Morgan fingerprint density at radius 1 is 1.50 bits per heavy atom. The molecule has 0 atom stereocenters. The van der Waals surface area contributed by atoms with Crippen LogP contribution in [0, 0.1) is 0 Å². The minimum absolute atomic E-state index is 0.197. The maximum Gasteiger partial charge on any atom is 0.335 e. The summed E-state index contributed by atoms with van der Waals surface area (Å²) in [7, 11) is 1.83. The Bertz CT molecular complexity index is 549. The van der Waals surface area contributed by atoms with Crippen molar-refractivity contribution < 1.29 is 9.90 Å². The van der Waals surface area contributed by atoms with Gasteiger partial charge in [0.05, 0.1) is 10.6 Å². The number of aromatic carboxylic acids is 1. The Morgan fingerprint density at radius 2 is 2.25 bits per heavy atom. The molecule has 82 valence electrons. The fourth-order valence-corrected chi connectivity index (χ4v) is 1.66. The summed E-state index contributed by atoms with van der Waals surface area (Å²) in [5.74, 6) is -0.333. The highest BCUT2D eigenvalue weighted by Crippen LogP contribution is 2.27. The highest BCUT2D eigenvalue weighted by molar-refractivity contribution is 6.33. The van der Waals surface area contributed by atoms with E-state index in [1.165, 1.54) is 12.1 Å². The van der Waals surface area contributed by atoms with Crippen LogP contribution in [-0.4, -0.2) is 20.6 Å². The molecule has 0 fully saturated rings. The predicted molar refractivity (Wildman–Crippen MR) is 60.6 cm³/mol. The van der Waals surface area contributed by atoms with E-state index in [2.05, 4.69) is 4.98 Å². The summed E-state index contributed by atoms with van der Waals surface area (Å²) < 4.78 is 1.78. The van der Waals surface area contributed by atoms with E-state index in [1.807, 2.05) is 7.05 Å². The summed E-state index contributed by atoms with van der Waals surface area (Å²) in [6, 6.07) is 4.55. The van der Waals surface area contributed by atoms with Gasteiger partial charge in [-0.1, -0.05) is 11.6 Å². The number of halogens is 1. The van der Waals surface area contributed by atoms with Crippen molar-refractivity contribution in [1.29, 1.82) is 0 Å². The summed E-state index contributed by atoms with van der Waals surface area (Å²) in [4.78, 5) is 15.0. The third kappa shape index (κ3) is 1.79. The van der Waals surface area contributed by atoms with Crippen LogP contribution in [-0.2, 0) is 7.05 Å². The number of hydrogen-bond acceptors (Lipinski definition) is 2. The molecule has 1 heterocycles. The highest BCUT2D eigenvalue weighted by atomic mass is 35.5. The molecule has 1 N–H and O–H groups in total. The molecular formula is C11H9ClN2O2. The Labute approximate surface area is 97.1 Å². The van der Waals surface area contributed by atoms with Gasteiger partial charge in [0.15, 0.2) is 0 Å². The van der Waals surface area contributed by atoms with Crippen LogP contribution in [0.15, 0.2) is 30.6 Å². The number of rotatable bonds is 2. The van der Waals surface area contributed by atoms with Gasteiger partial charge in [-0.25, -0.2) is 9.78 Å². The van der Waals surface area contributed by atoms with Crippen molar-refractivity contribution in [3.05, 3.63) is 41.2 Å². The number of nitrogens with zero attached hydrogens (tertiary/aromatic N) is 2. The van der Waals surface area contributed by atoms with E-state index in [9.17, 15) is 4.79 Å². The van der Waals surface area contributed by atoms with Crippen LogP contribution < -0.4 is 0 Å². The van der Waals surface area contributed by atoms with E-state index < -0.39 is 5.97 Å². The third-order valence-corrected chi connectivity index (χ3v) is 2.60. The van der Waals surface area contributed by atoms with Crippen LogP contribution in [0.5, 0.6) is 0 Å². The maximum atomic E-state index is 10.8. The number of hydrogen-bond donors (Lipinski definition) is 1. The van der Waals surface area contributed by atoms with Crippen molar-refractivity contribution in [3.63, 3.8) is 0 Å². The summed E-state index contributed by atoms with van der Waals surface area (Å²) in [5.41, 5.74) is 0.816. The third-order valence-electron chi connectivity index (χ3n) is 2.28. The topological polar surface area (TPSA) is 55.1 Å². The molecule has 4 nitrogen and oxygen atoms in total. The average molecular weight is 237 g/mol. The van der Waals surface area contributed by atoms with Crippen LogP contribution in [0.1, 0.15) is 10.4 Å². The van der Waals surface area contributed by atoms with Gasteiger partial charge in [-0.05, 0) is 18.2 Å². The van der Waals surface area contributed by atoms with E-state index in [0.29, 0.717) is 16.4 Å². The Kier molecular flexibility index (Phi) is 2.66. The second kappa shape index (κ2) is 3.98. The van der Waals surface area contributed by atoms with E-state index >= 15 is 0 Å². The number of aryl methyl sites for hydroxylation is 1. The quantitative estimate of drug-likeness (QED) is 0.871. The van der Waals surface area contributed by atoms with Crippen molar-refractivity contribution in [1.82, 2.24) is 9.55 Å². The lowest BCUT2D eigenvalue weighted by molar-refractivity contribution is 0.0697. The van der Waals surface area contributed by atoms with Crippen LogP contribution in [0.2, 0.25) is 5.02 Å². The minimum Gasteiger partial charge on any atom is -0.478 e. The molecule has 0 amide bonds. The highest BCUT2D eigenvalue weighted by Gasteiger charge is 2.11. The standard InChI is InChI=1S/C11H9ClN2O2/c1-14-5-4-13-10(14)8-6-7(11(15)16)2-3-9(8)12/h2-6H,1H3,(H,15,16). The van der Waals surface area contributed by atoms with E-state index in [-0.39, 0.29) is 5.56 Å². The Morgan fingerprint density at radius 3 is 2.81 bits per heavy atom. The molecule has 2 rings (SSSR count). The molecule has 0 unspecified atom stereocenters. The molecule has 0 aliphatic heterocycles. The summed E-state index contributed by atoms with van der Waals surface area (Å²) in [6.45, 7) is 0. The van der Waals surface area contributed by atoms with Gasteiger partial charge in [0, 0.05) is 25.0 Å². The number of carbonyl (C=O) groups is 1. The van der Waals surface area contributed by atoms with Crippen LogP contribution in [0.3, 0.4) is 0 Å². The molecule has 0 bridgehead atoms. The second-order valence-corrected chi connectivity index (χ2v) is 3.77. The molecule has 0 aliphatic rings. The lowest BCUT2D eigenvalue weighted by Gasteiger charge is -2.05. The van der Waals surface area contributed by atoms with Gasteiger partial charge >= 0.3 is 5.97 Å². The predicted octanol–water partition coefficient (Wildman–Crippen LogP) is 2.44. The molecule has 0 saturated heterocycles. The summed E-state index contributed by atoms with van der Waals surface area (Å²) in [6.07, 6.45) is 3.41. The van der Waals surface area contributed by atoms with Crippen molar-refractivity contribution >= 4 is 17.6 Å².